The number of para-hydroxylation sites is 1. The van der Waals surface area contributed by atoms with Crippen molar-refractivity contribution in [2.45, 2.75) is 57.9 Å². The molecule has 0 spiro atoms. The number of nitrogens with one attached hydrogen (secondary N) is 1. The number of hydrogen-bond acceptors (Lipinski definition) is 5. The molecule has 1 heterocycles. The third-order valence-electron chi connectivity index (χ3n) is 7.15. The number of carbonyl (C=O) groups is 3. The maximum Gasteiger partial charge on any atom is 0.409 e. The van der Waals surface area contributed by atoms with E-state index < -0.39 is 24.3 Å². The summed E-state index contributed by atoms with van der Waals surface area (Å²) in [6.07, 6.45) is 0.145. The smallest absolute Gasteiger partial charge is 0.409 e. The lowest BCUT2D eigenvalue weighted by molar-refractivity contribution is -0.121. The van der Waals surface area contributed by atoms with Crippen molar-refractivity contribution in [1.29, 1.82) is 0 Å². The molecule has 4 rings (SSSR count). The van der Waals surface area contributed by atoms with Crippen molar-refractivity contribution in [3.8, 4) is 5.75 Å². The molecule has 0 fully saturated rings. The first-order valence-corrected chi connectivity index (χ1v) is 13.4. The van der Waals surface area contributed by atoms with Crippen molar-refractivity contribution in [2.24, 2.45) is 0 Å². The van der Waals surface area contributed by atoms with Crippen LogP contribution in [0.2, 0.25) is 0 Å². The zero-order chi connectivity index (χ0) is 27.4. The number of amides is 2. The number of carbonyl (C=O) groups excluding carboxylic acids is 2. The Morgan fingerprint density at radius 3 is 2.71 bits per heavy atom. The zero-order valence-corrected chi connectivity index (χ0v) is 23.3. The van der Waals surface area contributed by atoms with E-state index in [4.69, 9.17) is 4.74 Å². The standard InChI is InChI=1S/C29H32BrN3O5/c1-4-22(17-34)33(29(36)37)18(2)31-25-13-9-19-7-5-6-8-26(19)32(28(25)35)16-24-23-12-11-21(30)15-20(23)10-14-27(24)38-3/h5-8,10-12,14-15,17-18,22,25,31H,4,9,13,16H2,1-3H3,(H,36,37)/t18-,22?,25-/m0/s1. The van der Waals surface area contributed by atoms with Crippen molar-refractivity contribution in [2.75, 3.05) is 12.0 Å². The first-order valence-electron chi connectivity index (χ1n) is 12.7. The van der Waals surface area contributed by atoms with Crippen molar-refractivity contribution >= 4 is 50.7 Å². The summed E-state index contributed by atoms with van der Waals surface area (Å²) in [5.41, 5.74) is 2.74. The molecule has 3 atom stereocenters. The van der Waals surface area contributed by atoms with Crippen LogP contribution >= 0.6 is 15.9 Å². The molecule has 3 aromatic carbocycles. The fourth-order valence-electron chi connectivity index (χ4n) is 5.22. The van der Waals surface area contributed by atoms with Gasteiger partial charge in [-0.3, -0.25) is 15.0 Å². The first kappa shape index (κ1) is 27.6. The average Bonchev–Trinajstić information content (AvgIpc) is 3.03. The lowest BCUT2D eigenvalue weighted by Crippen LogP contribution is -2.57. The number of ether oxygens (including phenoxy) is 1. The topological polar surface area (TPSA) is 99.2 Å². The molecule has 0 bridgehead atoms. The van der Waals surface area contributed by atoms with Crippen LogP contribution in [0, 0.1) is 0 Å². The molecular weight excluding hydrogens is 550 g/mol. The van der Waals surface area contributed by atoms with E-state index in [9.17, 15) is 19.5 Å². The van der Waals surface area contributed by atoms with Crippen LogP contribution in [-0.2, 0) is 22.6 Å². The molecule has 8 nitrogen and oxygen atoms in total. The summed E-state index contributed by atoms with van der Waals surface area (Å²) in [6.45, 7) is 3.70. The van der Waals surface area contributed by atoms with Crippen LogP contribution in [0.25, 0.3) is 10.8 Å². The van der Waals surface area contributed by atoms with Crippen molar-refractivity contribution < 1.29 is 24.2 Å². The van der Waals surface area contributed by atoms with Crippen LogP contribution in [0.3, 0.4) is 0 Å². The molecule has 1 aliphatic heterocycles. The Morgan fingerprint density at radius 1 is 1.26 bits per heavy atom. The number of carboxylic acid groups (broad SMARTS) is 1. The summed E-state index contributed by atoms with van der Waals surface area (Å²) in [6, 6.07) is 16.3. The van der Waals surface area contributed by atoms with Crippen LogP contribution in [0.5, 0.6) is 5.75 Å². The van der Waals surface area contributed by atoms with E-state index in [-0.39, 0.29) is 12.5 Å². The van der Waals surface area contributed by atoms with Gasteiger partial charge in [-0.2, -0.15) is 0 Å². The molecule has 0 aliphatic carbocycles. The van der Waals surface area contributed by atoms with Gasteiger partial charge in [0.1, 0.15) is 12.0 Å². The van der Waals surface area contributed by atoms with E-state index in [0.717, 1.165) is 37.0 Å². The van der Waals surface area contributed by atoms with Crippen LogP contribution in [0.15, 0.2) is 59.1 Å². The number of anilines is 1. The third-order valence-corrected chi connectivity index (χ3v) is 7.64. The van der Waals surface area contributed by atoms with Crippen LogP contribution < -0.4 is 15.0 Å². The van der Waals surface area contributed by atoms with E-state index in [0.29, 0.717) is 31.3 Å². The normalized spacial score (nSPS) is 16.9. The second-order valence-corrected chi connectivity index (χ2v) is 10.3. The SMILES string of the molecule is CCC(C=O)N(C(=O)O)[C@@H](C)N[C@H]1CCc2ccccc2N(Cc2c(OC)ccc3cc(Br)ccc23)C1=O. The molecule has 38 heavy (non-hydrogen) atoms. The zero-order valence-electron chi connectivity index (χ0n) is 21.7. The Balaban J connectivity index is 1.73. The number of aldehydes is 1. The van der Waals surface area contributed by atoms with Crippen molar-refractivity contribution in [3.05, 3.63) is 70.2 Å². The van der Waals surface area contributed by atoms with Gasteiger partial charge in [-0.1, -0.05) is 53.2 Å². The monoisotopic (exact) mass is 581 g/mol. The predicted molar refractivity (Wildman–Crippen MR) is 151 cm³/mol. The van der Waals surface area contributed by atoms with Crippen LogP contribution in [-0.4, -0.2) is 53.7 Å². The molecule has 2 amide bonds. The number of fused-ring (bicyclic) bond motifs is 2. The number of hydrogen-bond donors (Lipinski definition) is 2. The molecule has 0 saturated heterocycles. The average molecular weight is 582 g/mol. The van der Waals surface area contributed by atoms with Gasteiger partial charge in [-0.05, 0) is 66.8 Å². The van der Waals surface area contributed by atoms with Gasteiger partial charge in [0.25, 0.3) is 0 Å². The highest BCUT2D eigenvalue weighted by Gasteiger charge is 2.35. The Bertz CT molecular complexity index is 1350. The number of benzene rings is 3. The maximum absolute atomic E-state index is 14.1. The Hall–Kier alpha value is -3.43. The van der Waals surface area contributed by atoms with Gasteiger partial charge in [0.2, 0.25) is 5.91 Å². The van der Waals surface area contributed by atoms with Gasteiger partial charge < -0.3 is 19.5 Å². The summed E-state index contributed by atoms with van der Waals surface area (Å²) in [7, 11) is 1.62. The number of methoxy groups -OCH3 is 1. The van der Waals surface area contributed by atoms with Crippen LogP contribution in [0.1, 0.15) is 37.8 Å². The first-order chi connectivity index (χ1) is 18.3. The van der Waals surface area contributed by atoms with E-state index in [1.165, 1.54) is 0 Å². The molecule has 9 heteroatoms. The summed E-state index contributed by atoms with van der Waals surface area (Å²) < 4.78 is 6.67. The van der Waals surface area contributed by atoms with Gasteiger partial charge >= 0.3 is 6.09 Å². The van der Waals surface area contributed by atoms with Crippen LogP contribution in [0.4, 0.5) is 10.5 Å². The van der Waals surface area contributed by atoms with E-state index in [1.807, 2.05) is 54.6 Å². The number of rotatable bonds is 9. The second-order valence-electron chi connectivity index (χ2n) is 9.40. The highest BCUT2D eigenvalue weighted by Crippen LogP contribution is 2.35. The molecular formula is C29H32BrN3O5. The minimum Gasteiger partial charge on any atom is -0.496 e. The molecule has 0 saturated carbocycles. The third kappa shape index (κ3) is 5.54. The van der Waals surface area contributed by atoms with Crippen molar-refractivity contribution in [3.63, 3.8) is 0 Å². The molecule has 1 aliphatic rings. The Labute approximate surface area is 230 Å². The van der Waals surface area contributed by atoms with E-state index in [2.05, 4.69) is 21.2 Å². The van der Waals surface area contributed by atoms with E-state index >= 15 is 0 Å². The quantitative estimate of drug-likeness (QED) is 0.261. The fourth-order valence-corrected chi connectivity index (χ4v) is 5.59. The largest absolute Gasteiger partial charge is 0.496 e. The minimum atomic E-state index is -1.21. The Morgan fingerprint density at radius 2 is 2.03 bits per heavy atom. The number of halogens is 1. The molecule has 2 N–H and O–H groups in total. The molecule has 200 valence electrons. The van der Waals surface area contributed by atoms with Gasteiger partial charge in [-0.15, -0.1) is 0 Å². The lowest BCUT2D eigenvalue weighted by atomic mass is 10.0. The number of aryl methyl sites for hydroxylation is 1. The summed E-state index contributed by atoms with van der Waals surface area (Å²) in [4.78, 5) is 40.5. The summed E-state index contributed by atoms with van der Waals surface area (Å²) in [5.74, 6) is 0.517. The van der Waals surface area contributed by atoms with Gasteiger partial charge in [0.15, 0.2) is 0 Å². The highest BCUT2D eigenvalue weighted by atomic mass is 79.9. The predicted octanol–water partition coefficient (Wildman–Crippen LogP) is 5.35. The lowest BCUT2D eigenvalue weighted by Gasteiger charge is -2.34. The van der Waals surface area contributed by atoms with Gasteiger partial charge in [0, 0.05) is 15.7 Å². The summed E-state index contributed by atoms with van der Waals surface area (Å²) >= 11 is 3.53. The van der Waals surface area contributed by atoms with Gasteiger partial charge in [-0.25, -0.2) is 4.79 Å². The Kier molecular flexibility index (Phi) is 8.69. The molecule has 0 aromatic heterocycles. The number of nitrogens with zero attached hydrogens (tertiary/aromatic N) is 2. The van der Waals surface area contributed by atoms with Gasteiger partial charge in [0.05, 0.1) is 31.9 Å². The van der Waals surface area contributed by atoms with Crippen molar-refractivity contribution in [1.82, 2.24) is 10.2 Å². The fraction of sp³-hybridized carbons (Fsp3) is 0.345. The molecule has 0 radical (unpaired) electrons. The molecule has 1 unspecified atom stereocenters. The summed E-state index contributed by atoms with van der Waals surface area (Å²) in [5, 5.41) is 15.0. The highest BCUT2D eigenvalue weighted by molar-refractivity contribution is 9.10. The second kappa shape index (κ2) is 12.0. The maximum atomic E-state index is 14.1. The molecule has 3 aromatic rings. The minimum absolute atomic E-state index is 0.164. The van der Waals surface area contributed by atoms with E-state index in [1.54, 1.807) is 25.9 Å².